The van der Waals surface area contributed by atoms with Crippen LogP contribution in [0.15, 0.2) is 69.9 Å². The summed E-state index contributed by atoms with van der Waals surface area (Å²) in [6.45, 7) is 3.26. The van der Waals surface area contributed by atoms with Crippen molar-refractivity contribution in [3.05, 3.63) is 76.7 Å². The molecule has 1 atom stereocenters. The number of aromatic hydroxyl groups is 1. The molecule has 10 heteroatoms. The van der Waals surface area contributed by atoms with Gasteiger partial charge in [-0.05, 0) is 42.5 Å². The molecule has 1 aliphatic heterocycles. The average molecular weight is 482 g/mol. The third-order valence-electron chi connectivity index (χ3n) is 5.86. The summed E-state index contributed by atoms with van der Waals surface area (Å²) in [6, 6.07) is 15.1. The maximum Gasteiger partial charge on any atom is 0.230 e. The molecule has 8 nitrogen and oxygen atoms in total. The van der Waals surface area contributed by atoms with Gasteiger partial charge in [-0.25, -0.2) is 0 Å². The number of aromatic nitrogens is 3. The fraction of sp³-hybridized carbons (Fsp3) is 0.217. The SMILES string of the molecule is Oc1c([C@H](c2ccco2)N2CCN(c3cccc(Cl)c3)CC2)sc2nc(-c3ccco3)nn12. The van der Waals surface area contributed by atoms with E-state index < -0.39 is 0 Å². The van der Waals surface area contributed by atoms with Gasteiger partial charge < -0.3 is 18.8 Å². The van der Waals surface area contributed by atoms with Crippen molar-refractivity contribution in [3.8, 4) is 17.5 Å². The van der Waals surface area contributed by atoms with Crippen LogP contribution in [0.1, 0.15) is 16.7 Å². The van der Waals surface area contributed by atoms with E-state index in [0.717, 1.165) is 47.5 Å². The van der Waals surface area contributed by atoms with Crippen LogP contribution in [0, 0.1) is 0 Å². The quantitative estimate of drug-likeness (QED) is 0.381. The van der Waals surface area contributed by atoms with Crippen molar-refractivity contribution in [1.29, 1.82) is 0 Å². The summed E-state index contributed by atoms with van der Waals surface area (Å²) in [5, 5.41) is 16.3. The van der Waals surface area contributed by atoms with Crippen molar-refractivity contribution in [1.82, 2.24) is 19.5 Å². The van der Waals surface area contributed by atoms with Gasteiger partial charge in [0.1, 0.15) is 11.8 Å². The lowest BCUT2D eigenvalue weighted by Gasteiger charge is -2.39. The molecule has 0 saturated carbocycles. The van der Waals surface area contributed by atoms with Crippen LogP contribution in [-0.4, -0.2) is 50.8 Å². The van der Waals surface area contributed by atoms with E-state index >= 15 is 0 Å². The van der Waals surface area contributed by atoms with Gasteiger partial charge in [-0.2, -0.15) is 9.50 Å². The van der Waals surface area contributed by atoms with Gasteiger partial charge in [-0.1, -0.05) is 29.0 Å². The summed E-state index contributed by atoms with van der Waals surface area (Å²) < 4.78 is 12.7. The highest BCUT2D eigenvalue weighted by atomic mass is 35.5. The van der Waals surface area contributed by atoms with Crippen LogP contribution in [0.2, 0.25) is 5.02 Å². The number of hydrogen-bond acceptors (Lipinski definition) is 8. The second-order valence-corrected chi connectivity index (χ2v) is 9.26. The first-order valence-electron chi connectivity index (χ1n) is 10.6. The smallest absolute Gasteiger partial charge is 0.230 e. The minimum atomic E-state index is -0.234. The Morgan fingerprint density at radius 3 is 2.52 bits per heavy atom. The first kappa shape index (κ1) is 20.3. The Balaban J connectivity index is 1.30. The summed E-state index contributed by atoms with van der Waals surface area (Å²) in [5.41, 5.74) is 1.11. The molecule has 0 radical (unpaired) electrons. The summed E-state index contributed by atoms with van der Waals surface area (Å²) >= 11 is 7.59. The summed E-state index contributed by atoms with van der Waals surface area (Å²) in [6.07, 6.45) is 3.24. The molecular weight excluding hydrogens is 462 g/mol. The Kier molecular flexibility index (Phi) is 5.09. The van der Waals surface area contributed by atoms with E-state index in [0.29, 0.717) is 16.5 Å². The topological polar surface area (TPSA) is 83.2 Å². The number of fused-ring (bicyclic) bond motifs is 1. The van der Waals surface area contributed by atoms with Gasteiger partial charge in [0.15, 0.2) is 5.76 Å². The van der Waals surface area contributed by atoms with Gasteiger partial charge >= 0.3 is 0 Å². The van der Waals surface area contributed by atoms with Crippen LogP contribution < -0.4 is 4.90 Å². The molecule has 0 aliphatic carbocycles. The van der Waals surface area contributed by atoms with E-state index in [-0.39, 0.29) is 11.9 Å². The van der Waals surface area contributed by atoms with Crippen LogP contribution in [0.5, 0.6) is 5.88 Å². The maximum absolute atomic E-state index is 11.1. The van der Waals surface area contributed by atoms with Crippen molar-refractivity contribution >= 4 is 33.6 Å². The molecule has 0 amide bonds. The van der Waals surface area contributed by atoms with Crippen LogP contribution in [0.3, 0.4) is 0 Å². The second kappa shape index (κ2) is 8.26. The number of hydrogen-bond donors (Lipinski definition) is 1. The number of thiazole rings is 1. The van der Waals surface area contributed by atoms with Gasteiger partial charge in [0.2, 0.25) is 16.7 Å². The number of halogens is 1. The molecule has 6 rings (SSSR count). The van der Waals surface area contributed by atoms with E-state index in [9.17, 15) is 5.11 Å². The fourth-order valence-corrected chi connectivity index (χ4v) is 5.55. The minimum absolute atomic E-state index is 0.0685. The molecule has 5 heterocycles. The number of nitrogens with zero attached hydrogens (tertiary/aromatic N) is 5. The molecule has 1 aromatic carbocycles. The molecule has 0 bridgehead atoms. The standard InChI is InChI=1S/C23H20ClN5O3S/c24-15-4-1-5-16(14-15)27-8-10-28(11-9-27)19(17-6-2-12-31-17)20-22(30)29-23(33-20)25-21(26-29)18-7-3-13-32-18/h1-7,12-14,19,30H,8-11H2/t19-/m0/s1. The van der Waals surface area contributed by atoms with Gasteiger partial charge in [0, 0.05) is 36.9 Å². The van der Waals surface area contributed by atoms with Crippen LogP contribution in [-0.2, 0) is 0 Å². The molecule has 1 fully saturated rings. The molecular formula is C23H20ClN5O3S. The highest BCUT2D eigenvalue weighted by Gasteiger charge is 2.33. The molecule has 1 aliphatic rings. The Morgan fingerprint density at radius 2 is 1.82 bits per heavy atom. The third kappa shape index (κ3) is 3.68. The molecule has 5 aromatic rings. The first-order chi connectivity index (χ1) is 16.2. The van der Waals surface area contributed by atoms with E-state index in [2.05, 4.69) is 25.9 Å². The van der Waals surface area contributed by atoms with E-state index in [1.54, 1.807) is 24.7 Å². The molecule has 0 unspecified atom stereocenters. The lowest BCUT2D eigenvalue weighted by molar-refractivity contribution is 0.191. The zero-order valence-electron chi connectivity index (χ0n) is 17.5. The van der Waals surface area contributed by atoms with Crippen LogP contribution in [0.4, 0.5) is 5.69 Å². The van der Waals surface area contributed by atoms with E-state index in [1.165, 1.54) is 15.9 Å². The van der Waals surface area contributed by atoms with Crippen molar-refractivity contribution in [2.75, 3.05) is 31.1 Å². The molecule has 1 saturated heterocycles. The van der Waals surface area contributed by atoms with Gasteiger partial charge in [-0.15, -0.1) is 5.10 Å². The largest absolute Gasteiger partial charge is 0.492 e. The Labute approximate surface area is 198 Å². The molecule has 4 aromatic heterocycles. The summed E-state index contributed by atoms with van der Waals surface area (Å²) in [4.78, 5) is 10.5. The molecule has 33 heavy (non-hydrogen) atoms. The van der Waals surface area contributed by atoms with Crippen LogP contribution in [0.25, 0.3) is 16.5 Å². The van der Waals surface area contributed by atoms with Gasteiger partial charge in [0.05, 0.1) is 17.4 Å². The number of benzene rings is 1. The highest BCUT2D eigenvalue weighted by Crippen LogP contribution is 2.41. The third-order valence-corrected chi connectivity index (χ3v) is 7.16. The number of rotatable bonds is 5. The maximum atomic E-state index is 11.1. The lowest BCUT2D eigenvalue weighted by Crippen LogP contribution is -2.47. The number of furan rings is 2. The Morgan fingerprint density at radius 1 is 1.00 bits per heavy atom. The number of piperazine rings is 1. The van der Waals surface area contributed by atoms with E-state index in [1.807, 2.05) is 30.3 Å². The average Bonchev–Trinajstić information content (AvgIpc) is 3.62. The summed E-state index contributed by atoms with van der Waals surface area (Å²) in [7, 11) is 0. The molecule has 1 N–H and O–H groups in total. The second-order valence-electron chi connectivity index (χ2n) is 7.82. The van der Waals surface area contributed by atoms with Crippen molar-refractivity contribution < 1.29 is 13.9 Å². The predicted octanol–water partition coefficient (Wildman–Crippen LogP) is 4.91. The highest BCUT2D eigenvalue weighted by molar-refractivity contribution is 7.17. The van der Waals surface area contributed by atoms with Crippen molar-refractivity contribution in [2.45, 2.75) is 6.04 Å². The Hall–Kier alpha value is -3.27. The summed E-state index contributed by atoms with van der Waals surface area (Å²) in [5.74, 6) is 1.85. The van der Waals surface area contributed by atoms with E-state index in [4.69, 9.17) is 20.4 Å². The molecule has 168 valence electrons. The predicted molar refractivity (Wildman–Crippen MR) is 126 cm³/mol. The zero-order chi connectivity index (χ0) is 22.4. The zero-order valence-corrected chi connectivity index (χ0v) is 19.0. The first-order valence-corrected chi connectivity index (χ1v) is 11.8. The number of anilines is 1. The molecule has 0 spiro atoms. The van der Waals surface area contributed by atoms with Gasteiger partial charge in [-0.3, -0.25) is 4.90 Å². The Bertz CT molecular complexity index is 1370. The van der Waals surface area contributed by atoms with Crippen LogP contribution >= 0.6 is 22.9 Å². The van der Waals surface area contributed by atoms with Crippen molar-refractivity contribution in [3.63, 3.8) is 0 Å². The van der Waals surface area contributed by atoms with Crippen molar-refractivity contribution in [2.24, 2.45) is 0 Å². The fourth-order valence-electron chi connectivity index (χ4n) is 4.27. The minimum Gasteiger partial charge on any atom is -0.492 e. The monoisotopic (exact) mass is 481 g/mol. The normalized spacial score (nSPS) is 16.0. The lowest BCUT2D eigenvalue weighted by atomic mass is 10.1. The van der Waals surface area contributed by atoms with Gasteiger partial charge in [0.25, 0.3) is 0 Å².